The van der Waals surface area contributed by atoms with E-state index in [9.17, 15) is 18.0 Å². The van der Waals surface area contributed by atoms with Crippen molar-refractivity contribution in [1.29, 1.82) is 0 Å². The van der Waals surface area contributed by atoms with Crippen LogP contribution in [0.25, 0.3) is 0 Å². The average Bonchev–Trinajstić information content (AvgIpc) is 2.34. The summed E-state index contributed by atoms with van der Waals surface area (Å²) in [5, 5.41) is 2.50. The Bertz CT molecular complexity index is 534. The number of hydrogen-bond donors (Lipinski definition) is 2. The highest BCUT2D eigenvalue weighted by atomic mass is 79.9. The van der Waals surface area contributed by atoms with Crippen LogP contribution >= 0.6 is 28.1 Å². The van der Waals surface area contributed by atoms with E-state index in [2.05, 4.69) is 21.2 Å². The summed E-state index contributed by atoms with van der Waals surface area (Å²) >= 11 is 7.83. The number of nitrogens with two attached hydrogens (primary N) is 1. The molecular formula is C12H12BrF3N2OS. The van der Waals surface area contributed by atoms with Crippen LogP contribution in [0.3, 0.4) is 0 Å². The highest BCUT2D eigenvalue weighted by molar-refractivity contribution is 9.10. The van der Waals surface area contributed by atoms with Gasteiger partial charge in [-0.2, -0.15) is 13.2 Å². The van der Waals surface area contributed by atoms with Gasteiger partial charge in [-0.1, -0.05) is 19.1 Å². The van der Waals surface area contributed by atoms with Gasteiger partial charge in [-0.3, -0.25) is 4.79 Å². The number of hydrogen-bond acceptors (Lipinski definition) is 2. The number of halogens is 4. The molecule has 1 aromatic rings. The molecule has 0 saturated carbocycles. The van der Waals surface area contributed by atoms with Gasteiger partial charge < -0.3 is 11.1 Å². The summed E-state index contributed by atoms with van der Waals surface area (Å²) in [6.07, 6.45) is -4.05. The second-order valence-electron chi connectivity index (χ2n) is 4.03. The summed E-state index contributed by atoms with van der Waals surface area (Å²) in [4.78, 5) is 12.1. The first-order valence-electron chi connectivity index (χ1n) is 5.63. The first kappa shape index (κ1) is 16.9. The molecule has 3 nitrogen and oxygen atoms in total. The van der Waals surface area contributed by atoms with Gasteiger partial charge in [-0.15, -0.1) is 0 Å². The smallest absolute Gasteiger partial charge is 0.392 e. The van der Waals surface area contributed by atoms with Crippen LogP contribution in [0.2, 0.25) is 0 Å². The molecule has 0 bridgehead atoms. The summed E-state index contributed by atoms with van der Waals surface area (Å²) in [7, 11) is 0. The monoisotopic (exact) mass is 368 g/mol. The molecule has 1 unspecified atom stereocenters. The van der Waals surface area contributed by atoms with Gasteiger partial charge in [0.15, 0.2) is 0 Å². The number of benzene rings is 1. The lowest BCUT2D eigenvalue weighted by atomic mass is 10.1. The molecule has 0 aromatic heterocycles. The minimum absolute atomic E-state index is 0.0870. The van der Waals surface area contributed by atoms with Crippen LogP contribution in [0.1, 0.15) is 29.3 Å². The van der Waals surface area contributed by atoms with Gasteiger partial charge in [0.2, 0.25) is 0 Å². The fourth-order valence-electron chi connectivity index (χ4n) is 1.49. The van der Waals surface area contributed by atoms with Crippen molar-refractivity contribution in [2.75, 3.05) is 0 Å². The lowest BCUT2D eigenvalue weighted by Gasteiger charge is -2.16. The van der Waals surface area contributed by atoms with E-state index in [-0.39, 0.29) is 15.0 Å². The van der Waals surface area contributed by atoms with Gasteiger partial charge in [0.05, 0.1) is 22.2 Å². The predicted molar refractivity (Wildman–Crippen MR) is 77.5 cm³/mol. The number of thiocarbonyl (C=S) groups is 1. The molecule has 0 heterocycles. The van der Waals surface area contributed by atoms with Gasteiger partial charge in [0.1, 0.15) is 0 Å². The van der Waals surface area contributed by atoms with Crippen LogP contribution in [0, 0.1) is 0 Å². The SMILES string of the molecule is CCC(NC(=O)c1cc(C(F)(F)F)ccc1Br)C(N)=S. The first-order chi connectivity index (χ1) is 9.16. The van der Waals surface area contributed by atoms with Crippen LogP contribution in [0.4, 0.5) is 13.2 Å². The molecule has 0 aliphatic heterocycles. The Labute approximate surface area is 127 Å². The summed E-state index contributed by atoms with van der Waals surface area (Å²) in [5.74, 6) is -0.664. The maximum Gasteiger partial charge on any atom is 0.416 e. The van der Waals surface area contributed by atoms with Crippen molar-refractivity contribution in [1.82, 2.24) is 5.32 Å². The Morgan fingerprint density at radius 2 is 2.10 bits per heavy atom. The molecule has 3 N–H and O–H groups in total. The second-order valence-corrected chi connectivity index (χ2v) is 5.35. The van der Waals surface area contributed by atoms with E-state index in [0.29, 0.717) is 6.42 Å². The Morgan fingerprint density at radius 1 is 1.50 bits per heavy atom. The third kappa shape index (κ3) is 4.17. The van der Waals surface area contributed by atoms with Gasteiger partial charge >= 0.3 is 6.18 Å². The van der Waals surface area contributed by atoms with Crippen molar-refractivity contribution in [3.8, 4) is 0 Å². The Hall–Kier alpha value is -1.15. The molecule has 1 rings (SSSR count). The molecule has 1 aromatic carbocycles. The van der Waals surface area contributed by atoms with E-state index in [0.717, 1.165) is 12.1 Å². The lowest BCUT2D eigenvalue weighted by molar-refractivity contribution is -0.137. The van der Waals surface area contributed by atoms with Crippen molar-refractivity contribution >= 4 is 39.0 Å². The molecule has 0 fully saturated rings. The minimum Gasteiger partial charge on any atom is -0.392 e. The van der Waals surface area contributed by atoms with Crippen molar-refractivity contribution in [2.45, 2.75) is 25.6 Å². The van der Waals surface area contributed by atoms with Gasteiger partial charge in [-0.05, 0) is 40.5 Å². The van der Waals surface area contributed by atoms with E-state index in [1.165, 1.54) is 6.07 Å². The van der Waals surface area contributed by atoms with Crippen LogP contribution < -0.4 is 11.1 Å². The third-order valence-electron chi connectivity index (χ3n) is 2.60. The maximum absolute atomic E-state index is 12.6. The fourth-order valence-corrected chi connectivity index (χ4v) is 2.14. The van der Waals surface area contributed by atoms with E-state index in [4.69, 9.17) is 18.0 Å². The third-order valence-corrected chi connectivity index (χ3v) is 3.57. The molecule has 0 spiro atoms. The molecule has 0 saturated heterocycles. The molecule has 110 valence electrons. The standard InChI is InChI=1S/C12H12BrF3N2OS/c1-2-9(10(17)20)18-11(19)7-5-6(12(14,15)16)3-4-8(7)13/h3-5,9H,2H2,1H3,(H2,17,20)(H,18,19). The van der Waals surface area contributed by atoms with Crippen molar-refractivity contribution in [2.24, 2.45) is 5.73 Å². The topological polar surface area (TPSA) is 55.1 Å². The lowest BCUT2D eigenvalue weighted by Crippen LogP contribution is -2.43. The first-order valence-corrected chi connectivity index (χ1v) is 6.83. The average molecular weight is 369 g/mol. The quantitative estimate of drug-likeness (QED) is 0.802. The largest absolute Gasteiger partial charge is 0.416 e. The second kappa shape index (κ2) is 6.53. The Kier molecular flexibility index (Phi) is 5.52. The van der Waals surface area contributed by atoms with Crippen molar-refractivity contribution < 1.29 is 18.0 Å². The number of carbonyl (C=O) groups excluding carboxylic acids is 1. The normalized spacial score (nSPS) is 12.8. The van der Waals surface area contributed by atoms with E-state index >= 15 is 0 Å². The predicted octanol–water partition coefficient (Wildman–Crippen LogP) is 3.26. The van der Waals surface area contributed by atoms with E-state index in [1.807, 2.05) is 0 Å². The van der Waals surface area contributed by atoms with Gasteiger partial charge in [0.25, 0.3) is 5.91 Å². The van der Waals surface area contributed by atoms with Crippen LogP contribution in [-0.4, -0.2) is 16.9 Å². The number of amides is 1. The fraction of sp³-hybridized carbons (Fsp3) is 0.333. The summed E-state index contributed by atoms with van der Waals surface area (Å²) in [6.45, 7) is 1.76. The van der Waals surface area contributed by atoms with Crippen molar-refractivity contribution in [3.05, 3.63) is 33.8 Å². The van der Waals surface area contributed by atoms with Gasteiger partial charge in [-0.25, -0.2) is 0 Å². The minimum atomic E-state index is -4.51. The molecule has 1 atom stereocenters. The maximum atomic E-state index is 12.6. The summed E-state index contributed by atoms with van der Waals surface area (Å²) in [6, 6.07) is 2.30. The Balaban J connectivity index is 3.06. The number of rotatable bonds is 4. The van der Waals surface area contributed by atoms with Crippen LogP contribution in [0.5, 0.6) is 0 Å². The zero-order valence-corrected chi connectivity index (χ0v) is 12.8. The van der Waals surface area contributed by atoms with Crippen LogP contribution in [0.15, 0.2) is 22.7 Å². The van der Waals surface area contributed by atoms with Crippen molar-refractivity contribution in [3.63, 3.8) is 0 Å². The molecule has 0 aliphatic rings. The van der Waals surface area contributed by atoms with Gasteiger partial charge in [0, 0.05) is 4.47 Å². The molecule has 1 amide bonds. The molecule has 0 radical (unpaired) electrons. The number of carbonyl (C=O) groups is 1. The zero-order valence-electron chi connectivity index (χ0n) is 10.4. The number of nitrogens with one attached hydrogen (secondary N) is 1. The highest BCUT2D eigenvalue weighted by Crippen LogP contribution is 2.31. The zero-order chi connectivity index (χ0) is 15.5. The molecule has 8 heteroatoms. The van der Waals surface area contributed by atoms with Crippen LogP contribution in [-0.2, 0) is 6.18 Å². The highest BCUT2D eigenvalue weighted by Gasteiger charge is 2.31. The number of alkyl halides is 3. The molecule has 0 aliphatic carbocycles. The molecule has 20 heavy (non-hydrogen) atoms. The van der Waals surface area contributed by atoms with E-state index < -0.39 is 23.7 Å². The van der Waals surface area contributed by atoms with E-state index in [1.54, 1.807) is 6.92 Å². The molecular weight excluding hydrogens is 357 g/mol. The Morgan fingerprint density at radius 3 is 2.55 bits per heavy atom. The summed E-state index contributed by atoms with van der Waals surface area (Å²) in [5.41, 5.74) is 4.43. The summed E-state index contributed by atoms with van der Waals surface area (Å²) < 4.78 is 38.2.